The van der Waals surface area contributed by atoms with Gasteiger partial charge in [0.1, 0.15) is 12.4 Å². The molecule has 6 heteroatoms. The first-order chi connectivity index (χ1) is 9.34. The number of amides is 1. The second-order valence-electron chi connectivity index (χ2n) is 4.93. The van der Waals surface area contributed by atoms with Crippen molar-refractivity contribution in [3.05, 3.63) is 29.8 Å². The standard InChI is InChI=1S/C14H19F2NO3/c1-10(2)7-20-12-5-3-11(4-6-12)13(19)17-8-14(15,16)9-18/h3-6,10,18H,7-9H2,1-2H3,(H,17,19). The molecule has 0 radical (unpaired) electrons. The molecule has 1 aromatic rings. The zero-order valence-electron chi connectivity index (χ0n) is 11.5. The lowest BCUT2D eigenvalue weighted by Crippen LogP contribution is -2.38. The molecule has 2 N–H and O–H groups in total. The van der Waals surface area contributed by atoms with Crippen molar-refractivity contribution >= 4 is 5.91 Å². The average molecular weight is 287 g/mol. The van der Waals surface area contributed by atoms with Gasteiger partial charge in [0.2, 0.25) is 0 Å². The Balaban J connectivity index is 2.53. The summed E-state index contributed by atoms with van der Waals surface area (Å²) in [7, 11) is 0. The topological polar surface area (TPSA) is 58.6 Å². The highest BCUT2D eigenvalue weighted by atomic mass is 19.3. The molecule has 0 spiro atoms. The average Bonchev–Trinajstić information content (AvgIpc) is 2.43. The second-order valence-corrected chi connectivity index (χ2v) is 4.93. The van der Waals surface area contributed by atoms with Crippen molar-refractivity contribution in [1.82, 2.24) is 5.32 Å². The largest absolute Gasteiger partial charge is 0.493 e. The molecule has 0 heterocycles. The summed E-state index contributed by atoms with van der Waals surface area (Å²) in [5.74, 6) is -2.92. The van der Waals surface area contributed by atoms with E-state index in [1.165, 1.54) is 12.1 Å². The molecule has 0 fully saturated rings. The van der Waals surface area contributed by atoms with E-state index in [9.17, 15) is 13.6 Å². The lowest BCUT2D eigenvalue weighted by Gasteiger charge is -2.14. The number of nitrogens with one attached hydrogen (secondary N) is 1. The van der Waals surface area contributed by atoms with Gasteiger partial charge in [-0.3, -0.25) is 4.79 Å². The number of benzene rings is 1. The van der Waals surface area contributed by atoms with Crippen molar-refractivity contribution in [1.29, 1.82) is 0 Å². The minimum absolute atomic E-state index is 0.260. The number of hydrogen-bond donors (Lipinski definition) is 2. The molecule has 112 valence electrons. The van der Waals surface area contributed by atoms with Gasteiger partial charge in [-0.2, -0.15) is 0 Å². The first-order valence-corrected chi connectivity index (χ1v) is 6.34. The molecule has 0 aromatic heterocycles. The van der Waals surface area contributed by atoms with Crippen LogP contribution in [0.15, 0.2) is 24.3 Å². The van der Waals surface area contributed by atoms with Crippen LogP contribution in [-0.4, -0.2) is 36.7 Å². The number of alkyl halides is 2. The number of hydrogen-bond acceptors (Lipinski definition) is 3. The van der Waals surface area contributed by atoms with Crippen LogP contribution in [0.1, 0.15) is 24.2 Å². The molecule has 0 saturated carbocycles. The molecule has 0 saturated heterocycles. The molecule has 1 aromatic carbocycles. The van der Waals surface area contributed by atoms with E-state index < -0.39 is 25.0 Å². The summed E-state index contributed by atoms with van der Waals surface area (Å²) in [6.07, 6.45) is 0. The Morgan fingerprint density at radius 2 is 1.95 bits per heavy atom. The van der Waals surface area contributed by atoms with E-state index in [0.717, 1.165) is 0 Å². The highest BCUT2D eigenvalue weighted by Crippen LogP contribution is 2.14. The summed E-state index contributed by atoms with van der Waals surface area (Å²) in [6.45, 7) is 2.41. The van der Waals surface area contributed by atoms with Crippen molar-refractivity contribution in [2.24, 2.45) is 5.92 Å². The Hall–Kier alpha value is -1.69. The predicted octanol–water partition coefficient (Wildman–Crippen LogP) is 2.08. The number of ether oxygens (including phenoxy) is 1. The minimum Gasteiger partial charge on any atom is -0.493 e. The van der Waals surface area contributed by atoms with Crippen LogP contribution in [0.5, 0.6) is 5.75 Å². The summed E-state index contributed by atoms with van der Waals surface area (Å²) in [5.41, 5.74) is 0.260. The fraction of sp³-hybridized carbons (Fsp3) is 0.500. The molecule has 0 unspecified atom stereocenters. The maximum atomic E-state index is 12.8. The van der Waals surface area contributed by atoms with Gasteiger partial charge in [-0.15, -0.1) is 0 Å². The Labute approximate surface area is 116 Å². The van der Waals surface area contributed by atoms with Crippen LogP contribution in [0, 0.1) is 5.92 Å². The van der Waals surface area contributed by atoms with E-state index in [0.29, 0.717) is 18.3 Å². The Morgan fingerprint density at radius 1 is 1.35 bits per heavy atom. The molecular formula is C14H19F2NO3. The smallest absolute Gasteiger partial charge is 0.287 e. The molecule has 0 aliphatic rings. The lowest BCUT2D eigenvalue weighted by molar-refractivity contribution is -0.0462. The third kappa shape index (κ3) is 5.52. The van der Waals surface area contributed by atoms with Gasteiger partial charge in [-0.1, -0.05) is 13.8 Å². The van der Waals surface area contributed by atoms with Crippen molar-refractivity contribution < 1.29 is 23.4 Å². The normalized spacial score (nSPS) is 11.5. The van der Waals surface area contributed by atoms with Gasteiger partial charge in [-0.25, -0.2) is 8.78 Å². The lowest BCUT2D eigenvalue weighted by atomic mass is 10.2. The molecule has 1 rings (SSSR count). The summed E-state index contributed by atoms with van der Waals surface area (Å²) in [6, 6.07) is 6.23. The third-order valence-corrected chi connectivity index (χ3v) is 2.44. The SMILES string of the molecule is CC(C)COc1ccc(C(=O)NCC(F)(F)CO)cc1. The number of rotatable bonds is 7. The fourth-order valence-electron chi connectivity index (χ4n) is 1.33. The first-order valence-electron chi connectivity index (χ1n) is 6.34. The van der Waals surface area contributed by atoms with E-state index in [2.05, 4.69) is 5.32 Å². The Morgan fingerprint density at radius 3 is 2.45 bits per heavy atom. The van der Waals surface area contributed by atoms with Gasteiger partial charge in [-0.05, 0) is 30.2 Å². The molecule has 0 aliphatic heterocycles. The van der Waals surface area contributed by atoms with Crippen LogP contribution in [0.3, 0.4) is 0 Å². The molecule has 0 aliphatic carbocycles. The van der Waals surface area contributed by atoms with Gasteiger partial charge in [0, 0.05) is 5.56 Å². The van der Waals surface area contributed by atoms with Gasteiger partial charge in [0.15, 0.2) is 0 Å². The predicted molar refractivity (Wildman–Crippen MR) is 71.1 cm³/mol. The van der Waals surface area contributed by atoms with Crippen LogP contribution < -0.4 is 10.1 Å². The summed E-state index contributed by atoms with van der Waals surface area (Å²) in [5, 5.41) is 10.5. The van der Waals surface area contributed by atoms with E-state index in [1.54, 1.807) is 12.1 Å². The van der Waals surface area contributed by atoms with Crippen LogP contribution in [-0.2, 0) is 0 Å². The summed E-state index contributed by atoms with van der Waals surface area (Å²) < 4.78 is 31.0. The van der Waals surface area contributed by atoms with Crippen LogP contribution in [0.4, 0.5) is 8.78 Å². The van der Waals surface area contributed by atoms with Gasteiger partial charge >= 0.3 is 0 Å². The van der Waals surface area contributed by atoms with Gasteiger partial charge in [0.05, 0.1) is 13.2 Å². The molecule has 1 amide bonds. The molecule has 0 atom stereocenters. The number of carbonyl (C=O) groups excluding carboxylic acids is 1. The van der Waals surface area contributed by atoms with Crippen molar-refractivity contribution in [3.8, 4) is 5.75 Å². The number of halogens is 2. The summed E-state index contributed by atoms with van der Waals surface area (Å²) in [4.78, 5) is 11.6. The number of aliphatic hydroxyl groups excluding tert-OH is 1. The summed E-state index contributed by atoms with van der Waals surface area (Å²) >= 11 is 0. The molecule has 20 heavy (non-hydrogen) atoms. The van der Waals surface area contributed by atoms with Crippen LogP contribution in [0.2, 0.25) is 0 Å². The number of aliphatic hydroxyl groups is 1. The monoisotopic (exact) mass is 287 g/mol. The van der Waals surface area contributed by atoms with Crippen molar-refractivity contribution in [2.75, 3.05) is 19.8 Å². The van der Waals surface area contributed by atoms with E-state index in [-0.39, 0.29) is 5.56 Å². The zero-order valence-corrected chi connectivity index (χ0v) is 11.5. The first kappa shape index (κ1) is 16.4. The maximum Gasteiger partial charge on any atom is 0.287 e. The number of carbonyl (C=O) groups is 1. The Bertz CT molecular complexity index is 433. The zero-order chi connectivity index (χ0) is 15.2. The van der Waals surface area contributed by atoms with E-state index in [4.69, 9.17) is 9.84 Å². The van der Waals surface area contributed by atoms with Gasteiger partial charge in [0.25, 0.3) is 11.8 Å². The highest BCUT2D eigenvalue weighted by Gasteiger charge is 2.28. The minimum atomic E-state index is -3.31. The van der Waals surface area contributed by atoms with E-state index >= 15 is 0 Å². The third-order valence-electron chi connectivity index (χ3n) is 2.44. The van der Waals surface area contributed by atoms with Gasteiger partial charge < -0.3 is 15.2 Å². The molecule has 0 bridgehead atoms. The second kappa shape index (κ2) is 7.19. The highest BCUT2D eigenvalue weighted by molar-refractivity contribution is 5.94. The van der Waals surface area contributed by atoms with Crippen molar-refractivity contribution in [2.45, 2.75) is 19.8 Å². The maximum absolute atomic E-state index is 12.8. The Kier molecular flexibility index (Phi) is 5.88. The quantitative estimate of drug-likeness (QED) is 0.807. The van der Waals surface area contributed by atoms with E-state index in [1.807, 2.05) is 13.8 Å². The molecule has 4 nitrogen and oxygen atoms in total. The fourth-order valence-corrected chi connectivity index (χ4v) is 1.33. The molecular weight excluding hydrogens is 268 g/mol. The van der Waals surface area contributed by atoms with Crippen LogP contribution in [0.25, 0.3) is 0 Å². The van der Waals surface area contributed by atoms with Crippen LogP contribution >= 0.6 is 0 Å². The van der Waals surface area contributed by atoms with Crippen molar-refractivity contribution in [3.63, 3.8) is 0 Å².